The van der Waals surface area contributed by atoms with Crippen LogP contribution in [0.15, 0.2) is 18.2 Å². The van der Waals surface area contributed by atoms with Crippen LogP contribution in [0, 0.1) is 11.6 Å². The lowest BCUT2D eigenvalue weighted by molar-refractivity contribution is 0.0934. The van der Waals surface area contributed by atoms with Crippen LogP contribution in [-0.4, -0.2) is 31.1 Å². The summed E-state index contributed by atoms with van der Waals surface area (Å²) in [6.45, 7) is 1.89. The fourth-order valence-corrected chi connectivity index (χ4v) is 2.13. The Morgan fingerprint density at radius 2 is 1.90 bits per heavy atom. The van der Waals surface area contributed by atoms with Gasteiger partial charge in [-0.25, -0.2) is 8.78 Å². The first-order chi connectivity index (χ1) is 9.00. The molecule has 1 aliphatic rings. The van der Waals surface area contributed by atoms with E-state index in [2.05, 4.69) is 10.6 Å². The number of amides is 1. The van der Waals surface area contributed by atoms with Gasteiger partial charge in [-0.2, -0.15) is 0 Å². The van der Waals surface area contributed by atoms with Gasteiger partial charge in [-0.15, -0.1) is 24.8 Å². The number of carbonyl (C=O) groups is 1. The molecule has 0 atom stereocenters. The molecule has 1 saturated heterocycles. The summed E-state index contributed by atoms with van der Waals surface area (Å²) >= 11 is 0. The third-order valence-electron chi connectivity index (χ3n) is 3.38. The van der Waals surface area contributed by atoms with Crippen LogP contribution in [0.25, 0.3) is 0 Å². The van der Waals surface area contributed by atoms with Crippen molar-refractivity contribution in [2.75, 3.05) is 19.6 Å². The molecular weight excluding hydrogens is 323 g/mol. The number of benzene rings is 1. The van der Waals surface area contributed by atoms with Crippen molar-refractivity contribution in [3.63, 3.8) is 0 Å². The second kappa shape index (κ2) is 8.48. The maximum absolute atomic E-state index is 13.4. The Bertz CT molecular complexity index is 482. The Labute approximate surface area is 134 Å². The first kappa shape index (κ1) is 20.1. The second-order valence-corrected chi connectivity index (χ2v) is 4.92. The van der Waals surface area contributed by atoms with E-state index in [1.807, 2.05) is 0 Å². The van der Waals surface area contributed by atoms with Crippen LogP contribution >= 0.6 is 24.8 Å². The van der Waals surface area contributed by atoms with Gasteiger partial charge in [0.25, 0.3) is 5.91 Å². The summed E-state index contributed by atoms with van der Waals surface area (Å²) < 4.78 is 26.2. The number of rotatable bonds is 3. The number of piperidine rings is 1. The van der Waals surface area contributed by atoms with E-state index in [0.29, 0.717) is 6.07 Å². The van der Waals surface area contributed by atoms with Crippen molar-refractivity contribution >= 4 is 30.7 Å². The highest BCUT2D eigenvalue weighted by molar-refractivity contribution is 5.94. The summed E-state index contributed by atoms with van der Waals surface area (Å²) in [7, 11) is 0. The summed E-state index contributed by atoms with van der Waals surface area (Å²) in [6.07, 6.45) is 1.50. The van der Waals surface area contributed by atoms with Gasteiger partial charge in [0.15, 0.2) is 0 Å². The van der Waals surface area contributed by atoms with Crippen LogP contribution in [0.4, 0.5) is 8.78 Å². The lowest BCUT2D eigenvalue weighted by atomic mass is 9.89. The predicted octanol–water partition coefficient (Wildman–Crippen LogP) is 1.62. The van der Waals surface area contributed by atoms with Gasteiger partial charge in [-0.1, -0.05) is 0 Å². The van der Waals surface area contributed by atoms with Crippen molar-refractivity contribution in [2.45, 2.75) is 18.4 Å². The fourth-order valence-electron chi connectivity index (χ4n) is 2.13. The summed E-state index contributed by atoms with van der Waals surface area (Å²) in [5.74, 6) is -2.14. The molecule has 120 valence electrons. The molecule has 21 heavy (non-hydrogen) atoms. The van der Waals surface area contributed by atoms with E-state index in [0.717, 1.165) is 38.1 Å². The van der Waals surface area contributed by atoms with Gasteiger partial charge in [-0.05, 0) is 38.1 Å². The Hall–Kier alpha value is -0.950. The summed E-state index contributed by atoms with van der Waals surface area (Å²) in [4.78, 5) is 11.8. The average molecular weight is 342 g/mol. The number of carbonyl (C=O) groups excluding carboxylic acids is 1. The van der Waals surface area contributed by atoms with Gasteiger partial charge in [-0.3, -0.25) is 4.79 Å². The van der Waals surface area contributed by atoms with Gasteiger partial charge >= 0.3 is 0 Å². The molecule has 1 aromatic carbocycles. The fraction of sp³-hybridized carbons (Fsp3) is 0.462. The molecule has 0 saturated carbocycles. The van der Waals surface area contributed by atoms with Crippen molar-refractivity contribution in [1.29, 1.82) is 0 Å². The van der Waals surface area contributed by atoms with Crippen molar-refractivity contribution < 1.29 is 13.6 Å². The van der Waals surface area contributed by atoms with Crippen LogP contribution in [0.5, 0.6) is 0 Å². The Morgan fingerprint density at radius 3 is 2.48 bits per heavy atom. The van der Waals surface area contributed by atoms with Crippen molar-refractivity contribution in [3.8, 4) is 0 Å². The van der Waals surface area contributed by atoms with Crippen LogP contribution in [0.2, 0.25) is 0 Å². The topological polar surface area (TPSA) is 67.1 Å². The van der Waals surface area contributed by atoms with Gasteiger partial charge in [0, 0.05) is 18.2 Å². The number of hydrogen-bond acceptors (Lipinski definition) is 3. The van der Waals surface area contributed by atoms with E-state index in [1.165, 1.54) is 0 Å². The molecule has 0 aliphatic carbocycles. The van der Waals surface area contributed by atoms with E-state index < -0.39 is 23.1 Å². The van der Waals surface area contributed by atoms with Gasteiger partial charge in [0.1, 0.15) is 11.6 Å². The summed E-state index contributed by atoms with van der Waals surface area (Å²) in [5, 5.41) is 5.80. The molecule has 0 unspecified atom stereocenters. The standard InChI is InChI=1S/C13H17F2N3O.2ClH/c14-9-1-2-10(11(15)7-9)12(19)18-8-13(16)3-5-17-6-4-13;;/h1-2,7,17H,3-6,8,16H2,(H,18,19);2*1H. The zero-order chi connectivity index (χ0) is 13.9. The lowest BCUT2D eigenvalue weighted by Crippen LogP contribution is -2.55. The SMILES string of the molecule is Cl.Cl.NC1(CNC(=O)c2ccc(F)cc2F)CCNCC1. The van der Waals surface area contributed by atoms with Crippen LogP contribution in [0.3, 0.4) is 0 Å². The van der Waals surface area contributed by atoms with Gasteiger partial charge in [0.2, 0.25) is 0 Å². The van der Waals surface area contributed by atoms with Crippen molar-refractivity contribution in [2.24, 2.45) is 5.73 Å². The van der Waals surface area contributed by atoms with E-state index >= 15 is 0 Å². The maximum Gasteiger partial charge on any atom is 0.254 e. The Kier molecular flexibility index (Phi) is 8.10. The quantitative estimate of drug-likeness (QED) is 0.782. The van der Waals surface area contributed by atoms with Crippen LogP contribution in [-0.2, 0) is 0 Å². The van der Waals surface area contributed by atoms with E-state index in [9.17, 15) is 13.6 Å². The first-order valence-electron chi connectivity index (χ1n) is 6.23. The number of nitrogens with two attached hydrogens (primary N) is 1. The summed E-state index contributed by atoms with van der Waals surface area (Å²) in [5.41, 5.74) is 5.51. The molecule has 0 spiro atoms. The molecule has 4 nitrogen and oxygen atoms in total. The molecule has 0 radical (unpaired) electrons. The van der Waals surface area contributed by atoms with Crippen LogP contribution in [0.1, 0.15) is 23.2 Å². The number of halogens is 4. The van der Waals surface area contributed by atoms with E-state index in [1.54, 1.807) is 0 Å². The first-order valence-corrected chi connectivity index (χ1v) is 6.23. The highest BCUT2D eigenvalue weighted by Gasteiger charge is 2.28. The molecule has 1 aromatic rings. The second-order valence-electron chi connectivity index (χ2n) is 4.92. The molecule has 1 aliphatic heterocycles. The predicted molar refractivity (Wildman–Crippen MR) is 82.2 cm³/mol. The summed E-state index contributed by atoms with van der Waals surface area (Å²) in [6, 6.07) is 2.88. The molecule has 8 heteroatoms. The van der Waals surface area contributed by atoms with E-state index in [-0.39, 0.29) is 36.9 Å². The highest BCUT2D eigenvalue weighted by Crippen LogP contribution is 2.14. The molecule has 2 rings (SSSR count). The lowest BCUT2D eigenvalue weighted by Gasteiger charge is -2.33. The maximum atomic E-state index is 13.4. The third kappa shape index (κ3) is 5.39. The molecule has 1 amide bonds. The molecule has 4 N–H and O–H groups in total. The minimum absolute atomic E-state index is 0. The van der Waals surface area contributed by atoms with Gasteiger partial charge < -0.3 is 16.4 Å². The highest BCUT2D eigenvalue weighted by atomic mass is 35.5. The molecule has 1 heterocycles. The van der Waals surface area contributed by atoms with E-state index in [4.69, 9.17) is 5.73 Å². The number of hydrogen-bond donors (Lipinski definition) is 3. The Morgan fingerprint density at radius 1 is 1.29 bits per heavy atom. The monoisotopic (exact) mass is 341 g/mol. The molecule has 0 aromatic heterocycles. The minimum atomic E-state index is -0.867. The third-order valence-corrected chi connectivity index (χ3v) is 3.38. The van der Waals surface area contributed by atoms with Gasteiger partial charge in [0.05, 0.1) is 5.56 Å². The zero-order valence-electron chi connectivity index (χ0n) is 11.3. The molecule has 0 bridgehead atoms. The Balaban J connectivity index is 0.00000200. The van der Waals surface area contributed by atoms with Crippen LogP contribution < -0.4 is 16.4 Å². The average Bonchev–Trinajstić information content (AvgIpc) is 2.37. The zero-order valence-corrected chi connectivity index (χ0v) is 13.0. The minimum Gasteiger partial charge on any atom is -0.350 e. The van der Waals surface area contributed by atoms with Crippen molar-refractivity contribution in [3.05, 3.63) is 35.4 Å². The molecular formula is C13H19Cl2F2N3O. The van der Waals surface area contributed by atoms with Crippen molar-refractivity contribution in [1.82, 2.24) is 10.6 Å². The number of nitrogens with one attached hydrogen (secondary N) is 2. The largest absolute Gasteiger partial charge is 0.350 e. The molecule has 1 fully saturated rings. The smallest absolute Gasteiger partial charge is 0.254 e. The normalized spacial score (nSPS) is 16.3.